The number of fused-ring (bicyclic) bond motifs is 3. The number of ether oxygens (including phenoxy) is 1. The normalized spacial score (nSPS) is 16.6. The maximum atomic E-state index is 12.8. The predicted molar refractivity (Wildman–Crippen MR) is 110 cm³/mol. The van der Waals surface area contributed by atoms with Crippen LogP contribution in [-0.4, -0.2) is 35.9 Å². The van der Waals surface area contributed by atoms with E-state index in [0.29, 0.717) is 19.2 Å². The zero-order chi connectivity index (χ0) is 18.6. The van der Waals surface area contributed by atoms with Crippen LogP contribution in [0, 0.1) is 0 Å². The second-order valence-electron chi connectivity index (χ2n) is 7.05. The molecule has 2 heterocycles. The zero-order valence-corrected chi connectivity index (χ0v) is 16.4. The molecule has 1 aromatic carbocycles. The van der Waals surface area contributed by atoms with Gasteiger partial charge >= 0.3 is 0 Å². The van der Waals surface area contributed by atoms with Crippen LogP contribution in [-0.2, 0) is 30.5 Å². The summed E-state index contributed by atoms with van der Waals surface area (Å²) in [4.78, 5) is 19.6. The highest BCUT2D eigenvalue weighted by atomic mass is 32.1. The lowest BCUT2D eigenvalue weighted by Crippen LogP contribution is -2.35. The first-order valence-corrected chi connectivity index (χ1v) is 10.3. The highest BCUT2D eigenvalue weighted by molar-refractivity contribution is 7.18. The van der Waals surface area contributed by atoms with Gasteiger partial charge in [-0.15, -0.1) is 11.3 Å². The summed E-state index contributed by atoms with van der Waals surface area (Å²) in [6.07, 6.45) is 5.70. The van der Waals surface area contributed by atoms with Crippen molar-refractivity contribution in [1.82, 2.24) is 14.9 Å². The lowest BCUT2D eigenvalue weighted by Gasteiger charge is -2.23. The van der Waals surface area contributed by atoms with E-state index in [1.54, 1.807) is 29.3 Å². The molecule has 0 unspecified atom stereocenters. The van der Waals surface area contributed by atoms with Crippen molar-refractivity contribution >= 4 is 21.6 Å². The summed E-state index contributed by atoms with van der Waals surface area (Å²) in [6, 6.07) is 11.1. The summed E-state index contributed by atoms with van der Waals surface area (Å²) in [5, 5.41) is 4.53. The van der Waals surface area contributed by atoms with Crippen LogP contribution in [0.4, 0.5) is 0 Å². The van der Waals surface area contributed by atoms with Crippen LogP contribution in [0.3, 0.4) is 0 Å². The minimum Gasteiger partial charge on any atom is -0.383 e. The summed E-state index contributed by atoms with van der Waals surface area (Å²) in [5.74, 6) is 0. The highest BCUT2D eigenvalue weighted by Gasteiger charge is 2.24. The van der Waals surface area contributed by atoms with Crippen LogP contribution in [0.25, 0.3) is 10.2 Å². The number of nitrogens with one attached hydrogen (secondary N) is 1. The largest absolute Gasteiger partial charge is 0.383 e. The van der Waals surface area contributed by atoms with E-state index in [1.165, 1.54) is 16.0 Å². The fourth-order valence-electron chi connectivity index (χ4n) is 3.79. The van der Waals surface area contributed by atoms with Crippen molar-refractivity contribution in [2.75, 3.05) is 20.3 Å². The van der Waals surface area contributed by atoms with Crippen LogP contribution >= 0.6 is 11.3 Å². The van der Waals surface area contributed by atoms with Crippen molar-refractivity contribution in [2.24, 2.45) is 0 Å². The number of hydrogen-bond acceptors (Lipinski definition) is 5. The molecule has 2 aromatic heterocycles. The number of aromatic nitrogens is 2. The Balaban J connectivity index is 1.46. The second-order valence-corrected chi connectivity index (χ2v) is 8.13. The summed E-state index contributed by atoms with van der Waals surface area (Å²) in [5.41, 5.74) is 2.66. The molecular formula is C21H25N3O2S. The number of benzene rings is 1. The average Bonchev–Trinajstić information content (AvgIpc) is 3.07. The van der Waals surface area contributed by atoms with Gasteiger partial charge in [0.05, 0.1) is 24.9 Å². The number of hydrogen-bond donors (Lipinski definition) is 1. The van der Waals surface area contributed by atoms with E-state index in [4.69, 9.17) is 4.74 Å². The van der Waals surface area contributed by atoms with Crippen molar-refractivity contribution in [3.05, 3.63) is 63.0 Å². The third-order valence-corrected chi connectivity index (χ3v) is 6.42. The summed E-state index contributed by atoms with van der Waals surface area (Å²) >= 11 is 1.68. The van der Waals surface area contributed by atoms with Crippen molar-refractivity contribution < 1.29 is 4.74 Å². The number of rotatable bonds is 7. The summed E-state index contributed by atoms with van der Waals surface area (Å²) in [7, 11) is 1.65. The lowest BCUT2D eigenvalue weighted by molar-refractivity contribution is 0.186. The third kappa shape index (κ3) is 3.98. The fraction of sp³-hybridized carbons (Fsp3) is 0.429. The smallest absolute Gasteiger partial charge is 0.262 e. The number of nitrogens with zero attached hydrogens (tertiary/aromatic N) is 2. The van der Waals surface area contributed by atoms with E-state index in [0.717, 1.165) is 42.4 Å². The third-order valence-electron chi connectivity index (χ3n) is 5.26. The first-order valence-electron chi connectivity index (χ1n) is 9.52. The summed E-state index contributed by atoms with van der Waals surface area (Å²) in [6.45, 7) is 2.05. The first-order chi connectivity index (χ1) is 13.3. The molecule has 0 fully saturated rings. The van der Waals surface area contributed by atoms with Gasteiger partial charge in [0, 0.05) is 18.0 Å². The molecule has 0 bridgehead atoms. The van der Waals surface area contributed by atoms with E-state index in [-0.39, 0.29) is 5.56 Å². The molecule has 27 heavy (non-hydrogen) atoms. The summed E-state index contributed by atoms with van der Waals surface area (Å²) < 4.78 is 6.77. The standard InChI is InChI=1S/C21H25N3O2S/c1-26-12-11-24-14-23-20-19(21(24)25)17-8-7-16(13-18(17)27-20)22-10-9-15-5-3-2-4-6-15/h2-6,14,16,22H,7-13H2,1H3/t16-/m1/s1. The van der Waals surface area contributed by atoms with Gasteiger partial charge in [-0.25, -0.2) is 4.98 Å². The molecule has 0 aliphatic heterocycles. The van der Waals surface area contributed by atoms with Crippen LogP contribution in [0.5, 0.6) is 0 Å². The van der Waals surface area contributed by atoms with Gasteiger partial charge in [0.15, 0.2) is 0 Å². The Hall–Kier alpha value is -2.02. The van der Waals surface area contributed by atoms with Gasteiger partial charge in [-0.2, -0.15) is 0 Å². The molecule has 0 amide bonds. The van der Waals surface area contributed by atoms with Gasteiger partial charge < -0.3 is 10.1 Å². The Morgan fingerprint density at radius 3 is 3.00 bits per heavy atom. The fourth-order valence-corrected chi connectivity index (χ4v) is 5.05. The van der Waals surface area contributed by atoms with Gasteiger partial charge in [-0.3, -0.25) is 9.36 Å². The van der Waals surface area contributed by atoms with Crippen molar-refractivity contribution in [3.63, 3.8) is 0 Å². The lowest BCUT2D eigenvalue weighted by atomic mass is 9.93. The Morgan fingerprint density at radius 1 is 1.33 bits per heavy atom. The van der Waals surface area contributed by atoms with Gasteiger partial charge in [-0.05, 0) is 43.4 Å². The van der Waals surface area contributed by atoms with E-state index in [9.17, 15) is 4.79 Å². The molecule has 1 aliphatic carbocycles. The first kappa shape index (κ1) is 18.3. The van der Waals surface area contributed by atoms with Crippen LogP contribution in [0.2, 0.25) is 0 Å². The van der Waals surface area contributed by atoms with E-state index in [2.05, 4.69) is 40.6 Å². The van der Waals surface area contributed by atoms with Crippen LogP contribution in [0.1, 0.15) is 22.4 Å². The van der Waals surface area contributed by atoms with Crippen molar-refractivity contribution in [1.29, 1.82) is 0 Å². The molecule has 3 aromatic rings. The van der Waals surface area contributed by atoms with Crippen molar-refractivity contribution in [3.8, 4) is 0 Å². The zero-order valence-electron chi connectivity index (χ0n) is 15.6. The molecule has 0 radical (unpaired) electrons. The molecule has 4 rings (SSSR count). The number of aryl methyl sites for hydroxylation is 1. The molecule has 0 spiro atoms. The molecule has 1 aliphatic rings. The minimum atomic E-state index is 0.0741. The van der Waals surface area contributed by atoms with Crippen LogP contribution in [0.15, 0.2) is 41.5 Å². The maximum Gasteiger partial charge on any atom is 0.262 e. The molecule has 142 valence electrons. The predicted octanol–water partition coefficient (Wildman–Crippen LogP) is 2.79. The topological polar surface area (TPSA) is 56.2 Å². The Morgan fingerprint density at radius 2 is 2.19 bits per heavy atom. The van der Waals surface area contributed by atoms with Crippen molar-refractivity contribution in [2.45, 2.75) is 38.3 Å². The maximum absolute atomic E-state index is 12.8. The van der Waals surface area contributed by atoms with E-state index < -0.39 is 0 Å². The molecule has 5 nitrogen and oxygen atoms in total. The number of thiophene rings is 1. The molecule has 0 saturated heterocycles. The van der Waals surface area contributed by atoms with E-state index in [1.807, 2.05) is 0 Å². The quantitative estimate of drug-likeness (QED) is 0.682. The monoisotopic (exact) mass is 383 g/mol. The van der Waals surface area contributed by atoms with Crippen LogP contribution < -0.4 is 10.9 Å². The van der Waals surface area contributed by atoms with Gasteiger partial charge in [-0.1, -0.05) is 30.3 Å². The molecule has 1 atom stereocenters. The van der Waals surface area contributed by atoms with Gasteiger partial charge in [0.2, 0.25) is 0 Å². The SMILES string of the molecule is COCCn1cnc2sc3c(c2c1=O)CC[C@@H](NCCc1ccccc1)C3. The minimum absolute atomic E-state index is 0.0741. The van der Waals surface area contributed by atoms with E-state index >= 15 is 0 Å². The molecule has 6 heteroatoms. The Kier molecular flexibility index (Phi) is 5.66. The average molecular weight is 384 g/mol. The van der Waals surface area contributed by atoms with Gasteiger partial charge in [0.1, 0.15) is 4.83 Å². The molecule has 1 N–H and O–H groups in total. The number of methoxy groups -OCH3 is 1. The molecule has 0 saturated carbocycles. The Labute approximate surface area is 163 Å². The molecular weight excluding hydrogens is 358 g/mol. The second kappa shape index (κ2) is 8.33. The Bertz CT molecular complexity index is 965. The highest BCUT2D eigenvalue weighted by Crippen LogP contribution is 2.33. The van der Waals surface area contributed by atoms with Gasteiger partial charge in [0.25, 0.3) is 5.56 Å².